The largest absolute Gasteiger partial charge is 1.00 e. The summed E-state index contributed by atoms with van der Waals surface area (Å²) < 4.78 is 0. The van der Waals surface area contributed by atoms with Crippen LogP contribution in [0.15, 0.2) is 24.8 Å². The Bertz CT molecular complexity index is 287. The fourth-order valence-corrected chi connectivity index (χ4v) is 0.793. The van der Waals surface area contributed by atoms with Crippen LogP contribution in [0.2, 0.25) is 0 Å². The minimum absolute atomic E-state index is 0. The maximum Gasteiger partial charge on any atom is 1.00 e. The van der Waals surface area contributed by atoms with Crippen molar-refractivity contribution in [2.24, 2.45) is 0 Å². The summed E-state index contributed by atoms with van der Waals surface area (Å²) in [6, 6.07) is 1.91. The molecule has 3 nitrogen and oxygen atoms in total. The number of fused-ring (bicyclic) bond motifs is 1. The van der Waals surface area contributed by atoms with Gasteiger partial charge in [0, 0.05) is 6.20 Å². The second-order valence-electron chi connectivity index (χ2n) is 1.80. The molecule has 0 amide bonds. The molecule has 2 rings (SSSR count). The molecular weight excluding hydrogens is 114 g/mol. The van der Waals surface area contributed by atoms with Crippen LogP contribution in [-0.4, -0.2) is 15.0 Å². The molecule has 0 unspecified atom stereocenters. The molecule has 0 saturated heterocycles. The Morgan fingerprint density at radius 1 is 1.56 bits per heavy atom. The van der Waals surface area contributed by atoms with Crippen molar-refractivity contribution in [2.75, 3.05) is 0 Å². The van der Waals surface area contributed by atoms with Crippen LogP contribution in [0.5, 0.6) is 0 Å². The zero-order valence-corrected chi connectivity index (χ0v) is 4.70. The van der Waals surface area contributed by atoms with Gasteiger partial charge in [-0.3, -0.25) is 0 Å². The number of hydrogen-bond acceptors (Lipinski definition) is 2. The molecule has 1 N–H and O–H groups in total. The normalized spacial score (nSPS) is 10.2. The van der Waals surface area contributed by atoms with E-state index in [1.807, 2.05) is 12.3 Å². The number of aromatic nitrogens is 3. The van der Waals surface area contributed by atoms with Crippen LogP contribution in [0.4, 0.5) is 0 Å². The monoisotopic (exact) mass is 120 g/mol. The van der Waals surface area contributed by atoms with E-state index in [4.69, 9.17) is 0 Å². The lowest BCUT2D eigenvalue weighted by molar-refractivity contribution is 1.22. The first kappa shape index (κ1) is 4.49. The summed E-state index contributed by atoms with van der Waals surface area (Å²) in [4.78, 5) is 10.8. The van der Waals surface area contributed by atoms with E-state index in [9.17, 15) is 0 Å². The predicted octanol–water partition coefficient (Wildman–Crippen LogP) is 1.07. The van der Waals surface area contributed by atoms with Crippen molar-refractivity contribution in [2.45, 2.75) is 0 Å². The second kappa shape index (κ2) is 1.55. The Labute approximate surface area is 53.2 Å². The van der Waals surface area contributed by atoms with Gasteiger partial charge in [0.15, 0.2) is 0 Å². The van der Waals surface area contributed by atoms with Crippen LogP contribution in [0.25, 0.3) is 11.0 Å². The third-order valence-electron chi connectivity index (χ3n) is 1.22. The van der Waals surface area contributed by atoms with Gasteiger partial charge < -0.3 is 4.98 Å². The van der Waals surface area contributed by atoms with Crippen molar-refractivity contribution in [3.8, 4) is 0 Å². The lowest BCUT2D eigenvalue weighted by Crippen LogP contribution is -1.74. The fraction of sp³-hybridized carbons (Fsp3) is 0. The molecule has 0 aliphatic heterocycles. The Kier molecular flexibility index (Phi) is 0.773. The molecule has 0 aromatic carbocycles. The van der Waals surface area contributed by atoms with Gasteiger partial charge in [0.05, 0.1) is 17.2 Å². The van der Waals surface area contributed by atoms with Crippen molar-refractivity contribution in [3.05, 3.63) is 24.8 Å². The molecule has 0 saturated carbocycles. The summed E-state index contributed by atoms with van der Waals surface area (Å²) >= 11 is 0. The van der Waals surface area contributed by atoms with Crippen LogP contribution in [0, 0.1) is 0 Å². The van der Waals surface area contributed by atoms with E-state index in [2.05, 4.69) is 15.0 Å². The first-order chi connectivity index (χ1) is 4.47. The molecule has 0 radical (unpaired) electrons. The quantitative estimate of drug-likeness (QED) is 0.565. The summed E-state index contributed by atoms with van der Waals surface area (Å²) in [6.45, 7) is 0. The molecular formula is C6H6N3+. The van der Waals surface area contributed by atoms with E-state index in [0.717, 1.165) is 11.0 Å². The number of hydrogen-bond donors (Lipinski definition) is 1. The maximum atomic E-state index is 4.00. The molecule has 44 valence electrons. The average Bonchev–Trinajstić information content (AvgIpc) is 2.33. The van der Waals surface area contributed by atoms with Gasteiger partial charge in [-0.1, -0.05) is 0 Å². The van der Waals surface area contributed by atoms with Crippen molar-refractivity contribution in [3.63, 3.8) is 0 Å². The smallest absolute Gasteiger partial charge is 0.359 e. The third-order valence-corrected chi connectivity index (χ3v) is 1.22. The lowest BCUT2D eigenvalue weighted by atomic mass is 10.5. The van der Waals surface area contributed by atoms with E-state index >= 15 is 0 Å². The molecule has 2 aromatic heterocycles. The van der Waals surface area contributed by atoms with Crippen LogP contribution < -0.4 is 0 Å². The zero-order chi connectivity index (χ0) is 6.10. The fourth-order valence-electron chi connectivity index (χ4n) is 0.793. The molecule has 0 bridgehead atoms. The molecule has 2 heterocycles. The summed E-state index contributed by atoms with van der Waals surface area (Å²) in [5, 5.41) is 0. The van der Waals surface area contributed by atoms with E-state index in [0.29, 0.717) is 0 Å². The minimum atomic E-state index is 0. The van der Waals surface area contributed by atoms with Crippen LogP contribution in [-0.2, 0) is 0 Å². The van der Waals surface area contributed by atoms with Gasteiger partial charge in [0.1, 0.15) is 6.33 Å². The van der Waals surface area contributed by atoms with Crippen molar-refractivity contribution in [1.29, 1.82) is 0 Å². The average molecular weight is 120 g/mol. The molecule has 9 heavy (non-hydrogen) atoms. The topological polar surface area (TPSA) is 41.6 Å². The Morgan fingerprint density at radius 3 is 3.44 bits per heavy atom. The molecule has 0 fully saturated rings. The van der Waals surface area contributed by atoms with Crippen LogP contribution >= 0.6 is 0 Å². The first-order valence-electron chi connectivity index (χ1n) is 2.70. The number of rotatable bonds is 0. The van der Waals surface area contributed by atoms with Gasteiger partial charge in [-0.25, -0.2) is 9.97 Å². The molecule has 2 aromatic rings. The van der Waals surface area contributed by atoms with E-state index in [1.54, 1.807) is 6.20 Å². The highest BCUT2D eigenvalue weighted by molar-refractivity contribution is 5.72. The van der Waals surface area contributed by atoms with Crippen molar-refractivity contribution in [1.82, 2.24) is 15.0 Å². The Balaban J connectivity index is 0.000000500. The van der Waals surface area contributed by atoms with Crippen LogP contribution in [0.3, 0.4) is 0 Å². The summed E-state index contributed by atoms with van der Waals surface area (Å²) in [5.74, 6) is 0. The van der Waals surface area contributed by atoms with Crippen LogP contribution in [0.1, 0.15) is 1.43 Å². The highest BCUT2D eigenvalue weighted by Crippen LogP contribution is 2.03. The van der Waals surface area contributed by atoms with E-state index < -0.39 is 0 Å². The van der Waals surface area contributed by atoms with Gasteiger partial charge in [-0.05, 0) is 6.07 Å². The van der Waals surface area contributed by atoms with Gasteiger partial charge in [-0.15, -0.1) is 0 Å². The van der Waals surface area contributed by atoms with E-state index in [1.165, 1.54) is 6.33 Å². The maximum absolute atomic E-state index is 4.00. The van der Waals surface area contributed by atoms with Gasteiger partial charge in [0.2, 0.25) is 0 Å². The molecule has 0 aliphatic carbocycles. The van der Waals surface area contributed by atoms with Crippen molar-refractivity contribution >= 4 is 11.0 Å². The van der Waals surface area contributed by atoms with Gasteiger partial charge in [-0.2, -0.15) is 0 Å². The summed E-state index contributed by atoms with van der Waals surface area (Å²) in [6.07, 6.45) is 5.14. The Hall–Kier alpha value is -1.38. The predicted molar refractivity (Wildman–Crippen MR) is 35.0 cm³/mol. The standard InChI is InChI=1S/C6H5N3/c1-2-8-6-3-7-4-9-5(1)6/h1-4,8H/p+1. The SMILES string of the molecule is [H+].c1ncc2[nH]ccc2n1. The lowest BCUT2D eigenvalue weighted by Gasteiger charge is -1.82. The number of nitrogens with zero attached hydrogens (tertiary/aromatic N) is 2. The first-order valence-corrected chi connectivity index (χ1v) is 2.70. The zero-order valence-electron chi connectivity index (χ0n) is 5.70. The number of nitrogens with one attached hydrogen (secondary N) is 1. The Morgan fingerprint density at radius 2 is 2.56 bits per heavy atom. The van der Waals surface area contributed by atoms with Gasteiger partial charge >= 0.3 is 1.43 Å². The molecule has 0 spiro atoms. The van der Waals surface area contributed by atoms with Crippen molar-refractivity contribution < 1.29 is 1.43 Å². The van der Waals surface area contributed by atoms with E-state index in [-0.39, 0.29) is 1.43 Å². The second-order valence-corrected chi connectivity index (χ2v) is 1.80. The third kappa shape index (κ3) is 0.579. The minimum Gasteiger partial charge on any atom is -0.359 e. The molecule has 3 heteroatoms. The number of aromatic amines is 1. The summed E-state index contributed by atoms with van der Waals surface area (Å²) in [5.41, 5.74) is 1.95. The highest BCUT2D eigenvalue weighted by atomic mass is 14.9. The summed E-state index contributed by atoms with van der Waals surface area (Å²) in [7, 11) is 0. The molecule has 0 aliphatic rings. The highest BCUT2D eigenvalue weighted by Gasteiger charge is 1.89. The molecule has 0 atom stereocenters. The van der Waals surface area contributed by atoms with Gasteiger partial charge in [0.25, 0.3) is 0 Å². The number of H-pyrrole nitrogens is 1.